The lowest BCUT2D eigenvalue weighted by Gasteiger charge is -2.19. The van der Waals surface area contributed by atoms with Gasteiger partial charge in [-0.15, -0.1) is 22.7 Å². The number of hydrogen-bond acceptors (Lipinski definition) is 4. The highest BCUT2D eigenvalue weighted by atomic mass is 35.5. The molecule has 0 bridgehead atoms. The minimum atomic E-state index is -0.122. The summed E-state index contributed by atoms with van der Waals surface area (Å²) < 4.78 is 2.05. The number of benzene rings is 2. The summed E-state index contributed by atoms with van der Waals surface area (Å²) in [7, 11) is 0. The lowest BCUT2D eigenvalue weighted by atomic mass is 9.95. The third kappa shape index (κ3) is 8.61. The van der Waals surface area contributed by atoms with Crippen molar-refractivity contribution < 1.29 is 9.59 Å². The van der Waals surface area contributed by atoms with E-state index >= 15 is 0 Å². The van der Waals surface area contributed by atoms with Gasteiger partial charge in [-0.3, -0.25) is 9.59 Å². The Hall–Kier alpha value is -2.38. The fourth-order valence-corrected chi connectivity index (χ4v) is 10.7. The Morgan fingerprint density at radius 2 is 0.827 bits per heavy atom. The molecule has 8 heteroatoms. The Morgan fingerprint density at radius 3 is 1.17 bits per heavy atom. The van der Waals surface area contributed by atoms with Gasteiger partial charge in [-0.25, -0.2) is 0 Å². The molecule has 0 unspecified atom stereocenters. The predicted molar refractivity (Wildman–Crippen MR) is 229 cm³/mol. The SMILES string of the molecule is CCCCCCCCCCCCN1C(=O)/C(=C2/C(=O)N(CCCCCCCCCCCC)c3c2cc2sccc2c3Cl)c2cc3sccc3c(Cl)c21. The standard InChI is InChI=1S/C44H56Cl2N2O2S2/c1-3-5-7-9-11-13-15-17-19-21-25-47-41-33(29-35-31(39(41)45)23-27-51-35)37(43(47)49)38-34-30-36-32(24-28-52-36)40(46)42(34)48(44(38)50)26-22-20-18-16-14-12-10-8-6-4-2/h23-24,27-30H,3-22,25-26H2,1-2H3/b38-37+. The summed E-state index contributed by atoms with van der Waals surface area (Å²) in [6, 6.07) is 8.25. The molecule has 52 heavy (non-hydrogen) atoms. The highest BCUT2D eigenvalue weighted by Gasteiger charge is 2.44. The number of halogens is 2. The van der Waals surface area contributed by atoms with Crippen molar-refractivity contribution >= 4 is 100 Å². The molecular weight excluding hydrogens is 724 g/mol. The van der Waals surface area contributed by atoms with E-state index in [-0.39, 0.29) is 11.8 Å². The fraction of sp³-hybridized carbons (Fsp3) is 0.545. The number of nitrogens with zero attached hydrogens (tertiary/aromatic N) is 2. The van der Waals surface area contributed by atoms with Crippen LogP contribution in [0.5, 0.6) is 0 Å². The molecule has 0 atom stereocenters. The first-order chi connectivity index (χ1) is 25.5. The number of hydrogen-bond donors (Lipinski definition) is 0. The zero-order valence-corrected chi connectivity index (χ0v) is 34.4. The molecule has 0 saturated carbocycles. The second-order valence-electron chi connectivity index (χ2n) is 14.9. The van der Waals surface area contributed by atoms with Gasteiger partial charge in [-0.2, -0.15) is 0 Å². The van der Waals surface area contributed by atoms with E-state index in [2.05, 4.69) is 26.0 Å². The van der Waals surface area contributed by atoms with Crippen LogP contribution in [0.3, 0.4) is 0 Å². The Bertz CT molecular complexity index is 1740. The normalized spacial score (nSPS) is 15.6. The molecule has 2 aromatic heterocycles. The van der Waals surface area contributed by atoms with E-state index in [1.165, 1.54) is 103 Å². The Labute approximate surface area is 329 Å². The molecule has 0 saturated heterocycles. The Balaban J connectivity index is 1.24. The molecule has 2 aliphatic rings. The van der Waals surface area contributed by atoms with Gasteiger partial charge in [-0.05, 0) is 47.9 Å². The maximum absolute atomic E-state index is 14.7. The second kappa shape index (κ2) is 19.3. The van der Waals surface area contributed by atoms with Crippen molar-refractivity contribution in [2.24, 2.45) is 0 Å². The first-order valence-corrected chi connectivity index (χ1v) is 22.8. The van der Waals surface area contributed by atoms with E-state index in [9.17, 15) is 9.59 Å². The molecule has 4 heterocycles. The summed E-state index contributed by atoms with van der Waals surface area (Å²) in [6.45, 7) is 5.69. The molecule has 0 aliphatic carbocycles. The van der Waals surface area contributed by atoms with Gasteiger partial charge in [0.1, 0.15) is 0 Å². The largest absolute Gasteiger partial charge is 0.306 e. The smallest absolute Gasteiger partial charge is 0.259 e. The van der Waals surface area contributed by atoms with Gasteiger partial charge in [0.05, 0.1) is 32.6 Å². The third-order valence-corrected chi connectivity index (χ3v) is 13.6. The fourth-order valence-electron chi connectivity index (χ4n) is 8.16. The van der Waals surface area contributed by atoms with Gasteiger partial charge >= 0.3 is 0 Å². The van der Waals surface area contributed by atoms with Crippen molar-refractivity contribution in [1.29, 1.82) is 0 Å². The van der Waals surface area contributed by atoms with Crippen LogP contribution in [0.15, 0.2) is 35.0 Å². The summed E-state index contributed by atoms with van der Waals surface area (Å²) >= 11 is 17.6. The molecule has 0 radical (unpaired) electrons. The van der Waals surface area contributed by atoms with E-state index in [0.29, 0.717) is 34.3 Å². The van der Waals surface area contributed by atoms with Crippen molar-refractivity contribution in [3.05, 3.63) is 56.2 Å². The molecule has 2 aromatic carbocycles. The molecule has 0 spiro atoms. The first-order valence-electron chi connectivity index (χ1n) is 20.3. The summed E-state index contributed by atoms with van der Waals surface area (Å²) in [5.41, 5.74) is 4.00. The van der Waals surface area contributed by atoms with Crippen LogP contribution in [0.25, 0.3) is 31.3 Å². The Morgan fingerprint density at radius 1 is 0.500 bits per heavy atom. The van der Waals surface area contributed by atoms with E-state index in [1.807, 2.05) is 32.7 Å². The number of thiophene rings is 2. The average molecular weight is 780 g/mol. The van der Waals surface area contributed by atoms with Gasteiger partial charge in [0, 0.05) is 44.4 Å². The van der Waals surface area contributed by atoms with Gasteiger partial charge in [0.2, 0.25) is 0 Å². The van der Waals surface area contributed by atoms with Gasteiger partial charge in [0.15, 0.2) is 0 Å². The number of carbonyl (C=O) groups is 2. The lowest BCUT2D eigenvalue weighted by Crippen LogP contribution is -2.30. The maximum Gasteiger partial charge on any atom is 0.259 e. The van der Waals surface area contributed by atoms with E-state index in [0.717, 1.165) is 68.4 Å². The van der Waals surface area contributed by atoms with Crippen LogP contribution < -0.4 is 9.80 Å². The number of fused-ring (bicyclic) bond motifs is 4. The molecule has 0 fully saturated rings. The first kappa shape index (κ1) is 39.3. The zero-order valence-electron chi connectivity index (χ0n) is 31.3. The number of rotatable bonds is 22. The van der Waals surface area contributed by atoms with Crippen molar-refractivity contribution in [3.8, 4) is 0 Å². The van der Waals surface area contributed by atoms with E-state index in [4.69, 9.17) is 23.2 Å². The van der Waals surface area contributed by atoms with Crippen LogP contribution >= 0.6 is 45.9 Å². The summed E-state index contributed by atoms with van der Waals surface area (Å²) in [5.74, 6) is -0.245. The number of unbranched alkanes of at least 4 members (excludes halogenated alkanes) is 18. The molecule has 280 valence electrons. The van der Waals surface area contributed by atoms with Crippen LogP contribution in [0.2, 0.25) is 10.0 Å². The quantitative estimate of drug-likeness (QED) is 0.0589. The number of anilines is 2. The van der Waals surface area contributed by atoms with Gasteiger partial charge in [-0.1, -0.05) is 153 Å². The minimum absolute atomic E-state index is 0.122. The van der Waals surface area contributed by atoms with Gasteiger partial charge in [0.25, 0.3) is 11.8 Å². The van der Waals surface area contributed by atoms with Crippen LogP contribution in [0, 0.1) is 0 Å². The van der Waals surface area contributed by atoms with E-state index in [1.54, 1.807) is 22.7 Å². The summed E-state index contributed by atoms with van der Waals surface area (Å²) in [6.07, 6.45) is 24.5. The summed E-state index contributed by atoms with van der Waals surface area (Å²) in [4.78, 5) is 33.2. The monoisotopic (exact) mass is 778 g/mol. The van der Waals surface area contributed by atoms with Crippen molar-refractivity contribution in [3.63, 3.8) is 0 Å². The number of carbonyl (C=O) groups excluding carboxylic acids is 2. The molecule has 6 rings (SSSR count). The topological polar surface area (TPSA) is 40.6 Å². The number of amides is 2. The Kier molecular flexibility index (Phi) is 14.6. The van der Waals surface area contributed by atoms with E-state index < -0.39 is 0 Å². The average Bonchev–Trinajstić information content (AvgIpc) is 3.92. The van der Waals surface area contributed by atoms with Gasteiger partial charge < -0.3 is 9.80 Å². The lowest BCUT2D eigenvalue weighted by molar-refractivity contribution is -0.114. The third-order valence-electron chi connectivity index (χ3n) is 11.1. The highest BCUT2D eigenvalue weighted by molar-refractivity contribution is 7.17. The zero-order chi connectivity index (χ0) is 36.5. The maximum atomic E-state index is 14.7. The molecule has 2 aliphatic heterocycles. The minimum Gasteiger partial charge on any atom is -0.306 e. The van der Waals surface area contributed by atoms with Crippen LogP contribution in [0.1, 0.15) is 153 Å². The van der Waals surface area contributed by atoms with Crippen LogP contribution in [0.4, 0.5) is 11.4 Å². The molecule has 0 N–H and O–H groups in total. The second-order valence-corrected chi connectivity index (χ2v) is 17.5. The molecule has 4 aromatic rings. The predicted octanol–water partition coefficient (Wildman–Crippen LogP) is 14.9. The van der Waals surface area contributed by atoms with Crippen molar-refractivity contribution in [2.45, 2.75) is 142 Å². The van der Waals surface area contributed by atoms with Crippen LogP contribution in [-0.4, -0.2) is 24.9 Å². The summed E-state index contributed by atoms with van der Waals surface area (Å²) in [5, 5.41) is 7.21. The molecule has 2 amide bonds. The van der Waals surface area contributed by atoms with Crippen molar-refractivity contribution in [2.75, 3.05) is 22.9 Å². The molecular formula is C44H56Cl2N2O2S2. The highest BCUT2D eigenvalue weighted by Crippen LogP contribution is 2.54. The van der Waals surface area contributed by atoms with Crippen LogP contribution in [-0.2, 0) is 9.59 Å². The van der Waals surface area contributed by atoms with Crippen molar-refractivity contribution in [1.82, 2.24) is 0 Å². The molecule has 4 nitrogen and oxygen atoms in total.